The number of nitrogens with two attached hydrogens (primary N) is 1. The molecule has 0 spiro atoms. The van der Waals surface area contributed by atoms with Crippen molar-refractivity contribution in [2.45, 2.75) is 26.3 Å². The Kier molecular flexibility index (Phi) is 3.13. The highest BCUT2D eigenvalue weighted by molar-refractivity contribution is 5.99. The number of carbonyl (C=O) groups excluding carboxylic acids is 1. The zero-order chi connectivity index (χ0) is 13.3. The Morgan fingerprint density at radius 2 is 2.17 bits per heavy atom. The molecule has 1 heterocycles. The minimum atomic E-state index is -0.399. The SMILES string of the molecule is Cc1cccc2cc(C(=O)NC(C)(C)CN)[nH]c12. The van der Waals surface area contributed by atoms with Gasteiger partial charge in [0.1, 0.15) is 5.69 Å². The number of benzene rings is 1. The van der Waals surface area contributed by atoms with E-state index in [0.29, 0.717) is 12.2 Å². The fraction of sp³-hybridized carbons (Fsp3) is 0.357. The number of hydrogen-bond donors (Lipinski definition) is 3. The van der Waals surface area contributed by atoms with Crippen molar-refractivity contribution in [1.82, 2.24) is 10.3 Å². The van der Waals surface area contributed by atoms with Crippen LogP contribution in [0.25, 0.3) is 10.9 Å². The highest BCUT2D eigenvalue weighted by atomic mass is 16.2. The fourth-order valence-corrected chi connectivity index (χ4v) is 1.86. The second kappa shape index (κ2) is 4.46. The van der Waals surface area contributed by atoms with Crippen molar-refractivity contribution >= 4 is 16.8 Å². The van der Waals surface area contributed by atoms with E-state index in [9.17, 15) is 4.79 Å². The topological polar surface area (TPSA) is 70.9 Å². The van der Waals surface area contributed by atoms with Gasteiger partial charge in [-0.25, -0.2) is 0 Å². The van der Waals surface area contributed by atoms with Crippen LogP contribution in [0.15, 0.2) is 24.3 Å². The molecule has 1 aromatic heterocycles. The molecule has 4 heteroatoms. The summed E-state index contributed by atoms with van der Waals surface area (Å²) in [5, 5.41) is 3.95. The van der Waals surface area contributed by atoms with Crippen molar-refractivity contribution in [1.29, 1.82) is 0 Å². The Hall–Kier alpha value is -1.81. The van der Waals surface area contributed by atoms with E-state index in [2.05, 4.69) is 10.3 Å². The van der Waals surface area contributed by atoms with Gasteiger partial charge in [-0.1, -0.05) is 18.2 Å². The van der Waals surface area contributed by atoms with Gasteiger partial charge in [-0.05, 0) is 32.4 Å². The number of carbonyl (C=O) groups is 1. The molecule has 0 aliphatic rings. The van der Waals surface area contributed by atoms with Gasteiger partial charge in [-0.3, -0.25) is 4.79 Å². The lowest BCUT2D eigenvalue weighted by atomic mass is 10.1. The molecule has 0 saturated carbocycles. The number of hydrogen-bond acceptors (Lipinski definition) is 2. The number of aromatic amines is 1. The van der Waals surface area contributed by atoms with Gasteiger partial charge in [-0.2, -0.15) is 0 Å². The number of nitrogens with one attached hydrogen (secondary N) is 2. The van der Waals surface area contributed by atoms with Crippen LogP contribution in [-0.4, -0.2) is 23.0 Å². The van der Waals surface area contributed by atoms with E-state index in [0.717, 1.165) is 16.5 Å². The van der Waals surface area contributed by atoms with Crippen LogP contribution in [0, 0.1) is 6.92 Å². The summed E-state index contributed by atoms with van der Waals surface area (Å²) in [6.07, 6.45) is 0. The zero-order valence-corrected chi connectivity index (χ0v) is 11.0. The van der Waals surface area contributed by atoms with Crippen LogP contribution in [0.5, 0.6) is 0 Å². The highest BCUT2D eigenvalue weighted by Crippen LogP contribution is 2.19. The predicted octanol–water partition coefficient (Wildman–Crippen LogP) is 1.94. The molecule has 0 aliphatic carbocycles. The lowest BCUT2D eigenvalue weighted by Crippen LogP contribution is -2.48. The summed E-state index contributed by atoms with van der Waals surface area (Å²) in [5.74, 6) is -0.124. The largest absolute Gasteiger partial charge is 0.350 e. The third kappa shape index (κ3) is 2.38. The van der Waals surface area contributed by atoms with Crippen LogP contribution < -0.4 is 11.1 Å². The second-order valence-corrected chi connectivity index (χ2v) is 5.26. The summed E-state index contributed by atoms with van der Waals surface area (Å²) < 4.78 is 0. The molecule has 0 atom stereocenters. The molecule has 0 radical (unpaired) electrons. The molecule has 4 N–H and O–H groups in total. The van der Waals surface area contributed by atoms with Crippen molar-refractivity contribution < 1.29 is 4.79 Å². The first-order valence-electron chi connectivity index (χ1n) is 6.04. The maximum Gasteiger partial charge on any atom is 0.268 e. The molecule has 1 amide bonds. The second-order valence-electron chi connectivity index (χ2n) is 5.26. The Bertz CT molecular complexity index is 584. The lowest BCUT2D eigenvalue weighted by molar-refractivity contribution is 0.0911. The number of H-pyrrole nitrogens is 1. The molecule has 0 saturated heterocycles. The lowest BCUT2D eigenvalue weighted by Gasteiger charge is -2.23. The maximum absolute atomic E-state index is 12.1. The molecular formula is C14H19N3O. The Labute approximate surface area is 107 Å². The van der Waals surface area contributed by atoms with Crippen LogP contribution in [-0.2, 0) is 0 Å². The van der Waals surface area contributed by atoms with Crippen LogP contribution in [0.1, 0.15) is 29.9 Å². The molecule has 0 unspecified atom stereocenters. The number of aromatic nitrogens is 1. The van der Waals surface area contributed by atoms with E-state index in [-0.39, 0.29) is 5.91 Å². The van der Waals surface area contributed by atoms with Gasteiger partial charge in [0.05, 0.1) is 0 Å². The Balaban J connectivity index is 2.32. The number of amides is 1. The third-order valence-corrected chi connectivity index (χ3v) is 3.07. The normalized spacial score (nSPS) is 11.8. The van der Waals surface area contributed by atoms with Crippen LogP contribution >= 0.6 is 0 Å². The number of fused-ring (bicyclic) bond motifs is 1. The van der Waals surface area contributed by atoms with Gasteiger partial charge in [-0.15, -0.1) is 0 Å². The highest BCUT2D eigenvalue weighted by Gasteiger charge is 2.20. The van der Waals surface area contributed by atoms with Gasteiger partial charge in [0.25, 0.3) is 5.91 Å². The summed E-state index contributed by atoms with van der Waals surface area (Å²) >= 11 is 0. The smallest absolute Gasteiger partial charge is 0.268 e. The summed E-state index contributed by atoms with van der Waals surface area (Å²) in [7, 11) is 0. The summed E-state index contributed by atoms with van der Waals surface area (Å²) in [4.78, 5) is 15.3. The molecule has 18 heavy (non-hydrogen) atoms. The zero-order valence-electron chi connectivity index (χ0n) is 11.0. The van der Waals surface area contributed by atoms with E-state index in [1.165, 1.54) is 0 Å². The van der Waals surface area contributed by atoms with E-state index < -0.39 is 5.54 Å². The van der Waals surface area contributed by atoms with Gasteiger partial charge >= 0.3 is 0 Å². The van der Waals surface area contributed by atoms with Crippen molar-refractivity contribution in [3.8, 4) is 0 Å². The first-order chi connectivity index (χ1) is 8.43. The summed E-state index contributed by atoms with van der Waals surface area (Å²) in [5.41, 5.74) is 7.91. The van der Waals surface area contributed by atoms with E-state index in [4.69, 9.17) is 5.73 Å². The van der Waals surface area contributed by atoms with Crippen molar-refractivity contribution in [2.24, 2.45) is 5.73 Å². The minimum Gasteiger partial charge on any atom is -0.350 e. The molecule has 96 valence electrons. The maximum atomic E-state index is 12.1. The fourth-order valence-electron chi connectivity index (χ4n) is 1.86. The number of rotatable bonds is 3. The number of para-hydroxylation sites is 1. The quantitative estimate of drug-likeness (QED) is 0.773. The van der Waals surface area contributed by atoms with Gasteiger partial charge in [0.2, 0.25) is 0 Å². The molecule has 0 bridgehead atoms. The first-order valence-corrected chi connectivity index (χ1v) is 6.04. The predicted molar refractivity (Wildman–Crippen MR) is 73.6 cm³/mol. The molecule has 4 nitrogen and oxygen atoms in total. The van der Waals surface area contributed by atoms with Crippen molar-refractivity contribution in [3.05, 3.63) is 35.5 Å². The van der Waals surface area contributed by atoms with E-state index >= 15 is 0 Å². The number of aryl methyl sites for hydroxylation is 1. The third-order valence-electron chi connectivity index (χ3n) is 3.07. The summed E-state index contributed by atoms with van der Waals surface area (Å²) in [6.45, 7) is 6.22. The van der Waals surface area contributed by atoms with Gasteiger partial charge in [0.15, 0.2) is 0 Å². The minimum absolute atomic E-state index is 0.124. The molecule has 0 fully saturated rings. The van der Waals surface area contributed by atoms with Gasteiger partial charge in [0, 0.05) is 23.0 Å². The van der Waals surface area contributed by atoms with Crippen molar-refractivity contribution in [3.63, 3.8) is 0 Å². The average Bonchev–Trinajstić information content (AvgIpc) is 2.74. The van der Waals surface area contributed by atoms with Crippen molar-refractivity contribution in [2.75, 3.05) is 6.54 Å². The molecule has 2 aromatic rings. The Morgan fingerprint density at radius 3 is 2.78 bits per heavy atom. The van der Waals surface area contributed by atoms with Crippen LogP contribution in [0.4, 0.5) is 0 Å². The molecular weight excluding hydrogens is 226 g/mol. The van der Waals surface area contributed by atoms with Crippen LogP contribution in [0.2, 0.25) is 0 Å². The van der Waals surface area contributed by atoms with E-state index in [1.54, 1.807) is 0 Å². The molecule has 1 aromatic carbocycles. The van der Waals surface area contributed by atoms with Gasteiger partial charge < -0.3 is 16.0 Å². The molecule has 0 aliphatic heterocycles. The summed E-state index contributed by atoms with van der Waals surface area (Å²) in [6, 6.07) is 7.86. The average molecular weight is 245 g/mol. The van der Waals surface area contributed by atoms with Crippen LogP contribution in [0.3, 0.4) is 0 Å². The monoisotopic (exact) mass is 245 g/mol. The molecule has 2 rings (SSSR count). The Morgan fingerprint density at radius 1 is 1.44 bits per heavy atom. The first kappa shape index (κ1) is 12.6. The standard InChI is InChI=1S/C14H19N3O/c1-9-5-4-6-10-7-11(16-12(9)10)13(18)17-14(2,3)8-15/h4-7,16H,8,15H2,1-3H3,(H,17,18). The van der Waals surface area contributed by atoms with E-state index in [1.807, 2.05) is 45.0 Å².